The number of benzene rings is 2. The number of nitrogens with zero attached hydrogens (tertiary/aromatic N) is 3. The molecule has 182 valence electrons. The number of thioether (sulfide) groups is 1. The second-order valence-electron chi connectivity index (χ2n) is 8.27. The van der Waals surface area contributed by atoms with Crippen LogP contribution < -0.4 is 15.1 Å². The predicted octanol–water partition coefficient (Wildman–Crippen LogP) is 2.55. The zero-order valence-electron chi connectivity index (χ0n) is 19.3. The Morgan fingerprint density at radius 3 is 2.56 bits per heavy atom. The van der Waals surface area contributed by atoms with Gasteiger partial charge in [-0.15, -0.1) is 11.8 Å². The topological polar surface area (TPSA) is 90.0 Å². The number of nitrogens with one attached hydrogen (secondary N) is 1. The standard InChI is InChI=1S/C24H30N4O4S2/c1-2-26(19-8-4-3-5-9-19)15-12-25-23(29)17-28-21-16-20(10-11-22(21)33-18-24(28)30)34(31,32)27-13-6-7-14-27/h3-5,8-11,16H,2,6-7,12-15,17-18H2,1H3,(H,25,29). The highest BCUT2D eigenvalue weighted by molar-refractivity contribution is 8.00. The fourth-order valence-corrected chi connectivity index (χ4v) is 6.69. The van der Waals surface area contributed by atoms with Crippen LogP contribution in [0.2, 0.25) is 0 Å². The fraction of sp³-hybridized carbons (Fsp3) is 0.417. The van der Waals surface area contributed by atoms with Gasteiger partial charge < -0.3 is 15.1 Å². The van der Waals surface area contributed by atoms with Gasteiger partial charge in [-0.2, -0.15) is 4.31 Å². The van der Waals surface area contributed by atoms with Gasteiger partial charge in [0.05, 0.1) is 16.3 Å². The summed E-state index contributed by atoms with van der Waals surface area (Å²) >= 11 is 1.36. The number of fused-ring (bicyclic) bond motifs is 1. The number of carbonyl (C=O) groups is 2. The molecule has 0 saturated carbocycles. The number of para-hydroxylation sites is 1. The molecule has 10 heteroatoms. The van der Waals surface area contributed by atoms with E-state index in [1.807, 2.05) is 30.3 Å². The summed E-state index contributed by atoms with van der Waals surface area (Å²) in [5, 5.41) is 2.90. The van der Waals surface area contributed by atoms with Gasteiger partial charge in [0, 0.05) is 43.3 Å². The molecule has 2 aromatic rings. The van der Waals surface area contributed by atoms with Crippen LogP contribution >= 0.6 is 11.8 Å². The van der Waals surface area contributed by atoms with Crippen LogP contribution in [0.1, 0.15) is 19.8 Å². The van der Waals surface area contributed by atoms with Crippen molar-refractivity contribution in [2.24, 2.45) is 0 Å². The third-order valence-corrected chi connectivity index (χ3v) is 9.03. The summed E-state index contributed by atoms with van der Waals surface area (Å²) in [5.41, 5.74) is 1.57. The van der Waals surface area contributed by atoms with Crippen LogP contribution in [0, 0.1) is 0 Å². The van der Waals surface area contributed by atoms with Gasteiger partial charge in [0.15, 0.2) is 0 Å². The Labute approximate surface area is 205 Å². The Kier molecular flexibility index (Phi) is 7.80. The molecular weight excluding hydrogens is 472 g/mol. The van der Waals surface area contributed by atoms with Crippen molar-refractivity contribution in [2.45, 2.75) is 29.6 Å². The van der Waals surface area contributed by atoms with Gasteiger partial charge in [0.25, 0.3) is 0 Å². The molecule has 2 aliphatic rings. The summed E-state index contributed by atoms with van der Waals surface area (Å²) in [6, 6.07) is 14.8. The third-order valence-electron chi connectivity index (χ3n) is 6.08. The molecule has 1 fully saturated rings. The maximum Gasteiger partial charge on any atom is 0.243 e. The van der Waals surface area contributed by atoms with Crippen molar-refractivity contribution in [3.8, 4) is 0 Å². The first-order chi connectivity index (χ1) is 16.4. The van der Waals surface area contributed by atoms with E-state index in [2.05, 4.69) is 17.1 Å². The summed E-state index contributed by atoms with van der Waals surface area (Å²) < 4.78 is 27.5. The van der Waals surface area contributed by atoms with Crippen molar-refractivity contribution >= 4 is 45.0 Å². The average molecular weight is 503 g/mol. The van der Waals surface area contributed by atoms with E-state index in [0.717, 1.165) is 30.0 Å². The van der Waals surface area contributed by atoms with E-state index in [9.17, 15) is 18.0 Å². The molecule has 0 spiro atoms. The molecule has 0 bridgehead atoms. The van der Waals surface area contributed by atoms with Crippen LogP contribution in [0.15, 0.2) is 58.3 Å². The number of amides is 2. The molecule has 1 saturated heterocycles. The van der Waals surface area contributed by atoms with Gasteiger partial charge in [-0.3, -0.25) is 9.59 Å². The molecule has 8 nitrogen and oxygen atoms in total. The summed E-state index contributed by atoms with van der Waals surface area (Å²) in [7, 11) is -3.61. The van der Waals surface area contributed by atoms with Crippen molar-refractivity contribution < 1.29 is 18.0 Å². The summed E-state index contributed by atoms with van der Waals surface area (Å²) in [6.07, 6.45) is 1.70. The van der Waals surface area contributed by atoms with Gasteiger partial charge >= 0.3 is 0 Å². The highest BCUT2D eigenvalue weighted by Gasteiger charge is 2.31. The van der Waals surface area contributed by atoms with Crippen molar-refractivity contribution in [3.05, 3.63) is 48.5 Å². The zero-order valence-corrected chi connectivity index (χ0v) is 20.9. The van der Waals surface area contributed by atoms with E-state index in [-0.39, 0.29) is 29.0 Å². The molecule has 1 N–H and O–H groups in total. The summed E-state index contributed by atoms with van der Waals surface area (Å²) in [6.45, 7) is 4.83. The van der Waals surface area contributed by atoms with Crippen LogP contribution in [0.3, 0.4) is 0 Å². The molecule has 0 atom stereocenters. The highest BCUT2D eigenvalue weighted by atomic mass is 32.2. The maximum absolute atomic E-state index is 13.0. The first-order valence-electron chi connectivity index (χ1n) is 11.5. The van der Waals surface area contributed by atoms with Crippen LogP contribution in [-0.4, -0.2) is 69.6 Å². The van der Waals surface area contributed by atoms with Crippen LogP contribution in [0.4, 0.5) is 11.4 Å². The minimum Gasteiger partial charge on any atom is -0.370 e. The minimum absolute atomic E-state index is 0.142. The van der Waals surface area contributed by atoms with Crippen LogP contribution in [0.5, 0.6) is 0 Å². The number of sulfonamides is 1. The molecular formula is C24H30N4O4S2. The van der Waals surface area contributed by atoms with Gasteiger partial charge in [-0.1, -0.05) is 18.2 Å². The van der Waals surface area contributed by atoms with Gasteiger partial charge in [0.1, 0.15) is 6.54 Å². The molecule has 4 rings (SSSR count). The smallest absolute Gasteiger partial charge is 0.243 e. The molecule has 0 aliphatic carbocycles. The number of likely N-dealkylation sites (N-methyl/N-ethyl adjacent to an activating group) is 1. The summed E-state index contributed by atoms with van der Waals surface area (Å²) in [4.78, 5) is 29.9. The quantitative estimate of drug-likeness (QED) is 0.567. The van der Waals surface area contributed by atoms with Gasteiger partial charge in [0.2, 0.25) is 21.8 Å². The molecule has 0 unspecified atom stereocenters. The van der Waals surface area contributed by atoms with Crippen molar-refractivity contribution in [2.75, 3.05) is 54.8 Å². The lowest BCUT2D eigenvalue weighted by molar-refractivity contribution is -0.122. The van der Waals surface area contributed by atoms with Gasteiger partial charge in [-0.25, -0.2) is 8.42 Å². The Balaban J connectivity index is 1.43. The summed E-state index contributed by atoms with van der Waals surface area (Å²) in [5.74, 6) is -0.262. The van der Waals surface area contributed by atoms with E-state index in [0.29, 0.717) is 31.9 Å². The normalized spacial score (nSPS) is 16.4. The van der Waals surface area contributed by atoms with E-state index >= 15 is 0 Å². The van der Waals surface area contributed by atoms with E-state index in [1.165, 1.54) is 27.0 Å². The number of hydrogen-bond donors (Lipinski definition) is 1. The Morgan fingerprint density at radius 2 is 1.85 bits per heavy atom. The molecule has 2 amide bonds. The predicted molar refractivity (Wildman–Crippen MR) is 135 cm³/mol. The zero-order chi connectivity index (χ0) is 24.1. The van der Waals surface area contributed by atoms with Crippen LogP contribution in [0.25, 0.3) is 0 Å². The lowest BCUT2D eigenvalue weighted by Crippen LogP contribution is -2.45. The van der Waals surface area contributed by atoms with Crippen LogP contribution in [-0.2, 0) is 19.6 Å². The number of carbonyl (C=O) groups excluding carboxylic acids is 2. The van der Waals surface area contributed by atoms with Gasteiger partial charge in [-0.05, 0) is 50.1 Å². The lowest BCUT2D eigenvalue weighted by Gasteiger charge is -2.29. The second-order valence-corrected chi connectivity index (χ2v) is 11.2. The van der Waals surface area contributed by atoms with Crippen molar-refractivity contribution in [1.29, 1.82) is 0 Å². The SMILES string of the molecule is CCN(CCNC(=O)CN1C(=O)CSc2ccc(S(=O)(=O)N3CCCC3)cc21)c1ccccc1. The average Bonchev–Trinajstić information content (AvgIpc) is 3.40. The molecule has 2 aromatic carbocycles. The molecule has 2 heterocycles. The lowest BCUT2D eigenvalue weighted by atomic mass is 10.2. The largest absolute Gasteiger partial charge is 0.370 e. The Morgan fingerprint density at radius 1 is 1.12 bits per heavy atom. The van der Waals surface area contributed by atoms with E-state index in [4.69, 9.17) is 0 Å². The molecule has 0 aromatic heterocycles. The van der Waals surface area contributed by atoms with Crippen molar-refractivity contribution in [3.63, 3.8) is 0 Å². The first-order valence-corrected chi connectivity index (χ1v) is 14.0. The molecule has 34 heavy (non-hydrogen) atoms. The monoisotopic (exact) mass is 502 g/mol. The minimum atomic E-state index is -3.61. The van der Waals surface area contributed by atoms with Crippen molar-refractivity contribution in [1.82, 2.24) is 9.62 Å². The second kappa shape index (κ2) is 10.8. The van der Waals surface area contributed by atoms with E-state index in [1.54, 1.807) is 12.1 Å². The maximum atomic E-state index is 13.0. The Bertz CT molecular complexity index is 1130. The Hall–Kier alpha value is -2.56. The third kappa shape index (κ3) is 5.39. The number of hydrogen-bond acceptors (Lipinski definition) is 6. The highest BCUT2D eigenvalue weighted by Crippen LogP contribution is 2.37. The number of rotatable bonds is 9. The fourth-order valence-electron chi connectivity index (χ4n) is 4.23. The first kappa shape index (κ1) is 24.6. The molecule has 0 radical (unpaired) electrons. The number of anilines is 2. The van der Waals surface area contributed by atoms with E-state index < -0.39 is 10.0 Å². The molecule has 2 aliphatic heterocycles.